The van der Waals surface area contributed by atoms with Gasteiger partial charge in [-0.1, -0.05) is 0 Å². The number of rotatable bonds is 2. The summed E-state index contributed by atoms with van der Waals surface area (Å²) in [6.07, 6.45) is 1.70. The largest absolute Gasteiger partial charge is 0.327 e. The topological polar surface area (TPSA) is 50.7 Å². The molecule has 2 N–H and O–H groups in total. The molecule has 56 valence electrons. The Bertz CT molecular complexity index is 168. The zero-order valence-corrected chi connectivity index (χ0v) is 6.46. The van der Waals surface area contributed by atoms with Gasteiger partial charge in [0.15, 0.2) is 0 Å². The zero-order valence-electron chi connectivity index (χ0n) is 6.46. The van der Waals surface area contributed by atoms with E-state index < -0.39 is 0 Å². The SMILES string of the molecule is C=N/C(C)=N\C=C(/C)CN. The van der Waals surface area contributed by atoms with Gasteiger partial charge in [0.2, 0.25) is 0 Å². The van der Waals surface area contributed by atoms with Crippen LogP contribution in [0.25, 0.3) is 0 Å². The second-order valence-corrected chi connectivity index (χ2v) is 2.01. The van der Waals surface area contributed by atoms with Gasteiger partial charge in [-0.2, -0.15) is 0 Å². The van der Waals surface area contributed by atoms with E-state index in [1.165, 1.54) is 0 Å². The van der Waals surface area contributed by atoms with Crippen molar-refractivity contribution in [3.8, 4) is 0 Å². The Labute approximate surface area is 61.4 Å². The molecule has 10 heavy (non-hydrogen) atoms. The van der Waals surface area contributed by atoms with Crippen LogP contribution in [0.5, 0.6) is 0 Å². The lowest BCUT2D eigenvalue weighted by Gasteiger charge is -1.90. The Morgan fingerprint density at radius 3 is 2.60 bits per heavy atom. The van der Waals surface area contributed by atoms with Crippen molar-refractivity contribution in [1.29, 1.82) is 0 Å². The molecule has 0 heterocycles. The highest BCUT2D eigenvalue weighted by Crippen LogP contribution is 1.89. The second-order valence-electron chi connectivity index (χ2n) is 2.01. The van der Waals surface area contributed by atoms with Crippen LogP contribution in [0, 0.1) is 0 Å². The molecule has 0 aliphatic heterocycles. The average molecular weight is 139 g/mol. The van der Waals surface area contributed by atoms with Gasteiger partial charge in [0.1, 0.15) is 5.84 Å². The van der Waals surface area contributed by atoms with Crippen LogP contribution in [0.2, 0.25) is 0 Å². The van der Waals surface area contributed by atoms with Gasteiger partial charge in [0.25, 0.3) is 0 Å². The van der Waals surface area contributed by atoms with Crippen LogP contribution in [0.3, 0.4) is 0 Å². The lowest BCUT2D eigenvalue weighted by molar-refractivity contribution is 1.12. The molecule has 3 heteroatoms. The number of hydrogen-bond acceptors (Lipinski definition) is 2. The van der Waals surface area contributed by atoms with Gasteiger partial charge in [-0.15, -0.1) is 0 Å². The fraction of sp³-hybridized carbons (Fsp3) is 0.429. The fourth-order valence-corrected chi connectivity index (χ4v) is 0.297. The third-order valence-electron chi connectivity index (χ3n) is 1.02. The summed E-state index contributed by atoms with van der Waals surface area (Å²) >= 11 is 0. The van der Waals surface area contributed by atoms with E-state index in [-0.39, 0.29) is 0 Å². The van der Waals surface area contributed by atoms with Crippen molar-refractivity contribution in [2.24, 2.45) is 15.7 Å². The molecule has 0 saturated heterocycles. The maximum atomic E-state index is 5.32. The molecule has 0 radical (unpaired) electrons. The molecule has 0 spiro atoms. The zero-order chi connectivity index (χ0) is 7.98. The summed E-state index contributed by atoms with van der Waals surface area (Å²) < 4.78 is 0. The summed E-state index contributed by atoms with van der Waals surface area (Å²) in [5.41, 5.74) is 6.35. The number of nitrogens with two attached hydrogens (primary N) is 1. The molecule has 0 atom stereocenters. The maximum absolute atomic E-state index is 5.32. The van der Waals surface area contributed by atoms with Crippen LogP contribution < -0.4 is 5.73 Å². The molecule has 0 unspecified atom stereocenters. The van der Waals surface area contributed by atoms with E-state index in [9.17, 15) is 0 Å². The van der Waals surface area contributed by atoms with Crippen molar-refractivity contribution in [1.82, 2.24) is 0 Å². The summed E-state index contributed by atoms with van der Waals surface area (Å²) in [7, 11) is 0. The Morgan fingerprint density at radius 2 is 2.20 bits per heavy atom. The molecular formula is C7H13N3. The van der Waals surface area contributed by atoms with Crippen LogP contribution in [-0.4, -0.2) is 19.1 Å². The van der Waals surface area contributed by atoms with E-state index in [0.29, 0.717) is 12.4 Å². The smallest absolute Gasteiger partial charge is 0.124 e. The van der Waals surface area contributed by atoms with Crippen molar-refractivity contribution in [3.63, 3.8) is 0 Å². The summed E-state index contributed by atoms with van der Waals surface area (Å²) in [5.74, 6) is 0.660. The average Bonchev–Trinajstić information content (AvgIpc) is 1.99. The van der Waals surface area contributed by atoms with Crippen molar-refractivity contribution >= 4 is 12.6 Å². The van der Waals surface area contributed by atoms with E-state index in [1.54, 1.807) is 13.1 Å². The number of aliphatic imine (C=N–C) groups is 2. The third-order valence-corrected chi connectivity index (χ3v) is 1.02. The van der Waals surface area contributed by atoms with Crippen molar-refractivity contribution < 1.29 is 0 Å². The normalized spacial score (nSPS) is 13.5. The molecule has 0 aliphatic rings. The standard InChI is InChI=1S/C7H13N3/c1-6(4-8)5-10-7(2)9-3/h5H,3-4,8H2,1-2H3/b6-5+,10-7-. The molecule has 0 rings (SSSR count). The third kappa shape index (κ3) is 3.97. The Hall–Kier alpha value is -0.960. The van der Waals surface area contributed by atoms with Crippen molar-refractivity contribution in [2.45, 2.75) is 13.8 Å². The lowest BCUT2D eigenvalue weighted by Crippen LogP contribution is -1.99. The molecule has 0 aliphatic carbocycles. The van der Waals surface area contributed by atoms with E-state index in [1.807, 2.05) is 6.92 Å². The van der Waals surface area contributed by atoms with Gasteiger partial charge in [0.05, 0.1) is 0 Å². The van der Waals surface area contributed by atoms with E-state index >= 15 is 0 Å². The van der Waals surface area contributed by atoms with Gasteiger partial charge in [-0.3, -0.25) is 0 Å². The Balaban J connectivity index is 4.03. The predicted molar refractivity (Wildman–Crippen MR) is 45.5 cm³/mol. The molecule has 0 aromatic carbocycles. The van der Waals surface area contributed by atoms with E-state index in [4.69, 9.17) is 5.73 Å². The molecule has 0 fully saturated rings. The molecular weight excluding hydrogens is 126 g/mol. The maximum Gasteiger partial charge on any atom is 0.124 e. The Kier molecular flexibility index (Phi) is 4.41. The molecule has 3 nitrogen and oxygen atoms in total. The molecule has 0 bridgehead atoms. The first-order valence-corrected chi connectivity index (χ1v) is 3.07. The van der Waals surface area contributed by atoms with Gasteiger partial charge in [0, 0.05) is 12.7 Å². The van der Waals surface area contributed by atoms with Gasteiger partial charge in [-0.05, 0) is 26.1 Å². The van der Waals surface area contributed by atoms with E-state index in [0.717, 1.165) is 5.57 Å². The minimum Gasteiger partial charge on any atom is -0.327 e. The molecule has 0 aromatic heterocycles. The lowest BCUT2D eigenvalue weighted by atomic mass is 10.3. The monoisotopic (exact) mass is 139 g/mol. The first-order valence-electron chi connectivity index (χ1n) is 3.07. The highest BCUT2D eigenvalue weighted by atomic mass is 14.9. The molecule has 0 aromatic rings. The van der Waals surface area contributed by atoms with Gasteiger partial charge in [-0.25, -0.2) is 9.98 Å². The van der Waals surface area contributed by atoms with Crippen molar-refractivity contribution in [3.05, 3.63) is 11.8 Å². The quantitative estimate of drug-likeness (QED) is 0.449. The fourth-order valence-electron chi connectivity index (χ4n) is 0.297. The minimum atomic E-state index is 0.536. The Morgan fingerprint density at radius 1 is 1.60 bits per heavy atom. The van der Waals surface area contributed by atoms with Crippen LogP contribution in [0.1, 0.15) is 13.8 Å². The van der Waals surface area contributed by atoms with Crippen molar-refractivity contribution in [2.75, 3.05) is 6.54 Å². The summed E-state index contributed by atoms with van der Waals surface area (Å²) in [4.78, 5) is 7.57. The van der Waals surface area contributed by atoms with Gasteiger partial charge >= 0.3 is 0 Å². The van der Waals surface area contributed by atoms with E-state index in [2.05, 4.69) is 16.7 Å². The van der Waals surface area contributed by atoms with Crippen LogP contribution >= 0.6 is 0 Å². The summed E-state index contributed by atoms with van der Waals surface area (Å²) in [5, 5.41) is 0. The summed E-state index contributed by atoms with van der Waals surface area (Å²) in [6.45, 7) is 7.56. The predicted octanol–water partition coefficient (Wildman–Crippen LogP) is 0.968. The number of amidine groups is 1. The first-order chi connectivity index (χ1) is 4.70. The number of nitrogens with zero attached hydrogens (tertiary/aromatic N) is 2. The first kappa shape index (κ1) is 9.04. The minimum absolute atomic E-state index is 0.536. The van der Waals surface area contributed by atoms with Crippen LogP contribution in [-0.2, 0) is 0 Å². The van der Waals surface area contributed by atoms with Crippen LogP contribution in [0.4, 0.5) is 0 Å². The summed E-state index contributed by atoms with van der Waals surface area (Å²) in [6, 6.07) is 0. The molecule has 0 saturated carbocycles. The highest BCUT2D eigenvalue weighted by molar-refractivity contribution is 5.84. The van der Waals surface area contributed by atoms with Gasteiger partial charge < -0.3 is 5.73 Å². The highest BCUT2D eigenvalue weighted by Gasteiger charge is 1.81. The van der Waals surface area contributed by atoms with Crippen LogP contribution in [0.15, 0.2) is 21.8 Å². The second kappa shape index (κ2) is 4.88. The molecule has 0 amide bonds. The number of hydrogen-bond donors (Lipinski definition) is 1.